The quantitative estimate of drug-likeness (QED) is 0.564. The first kappa shape index (κ1) is 10.8. The largest absolute Gasteiger partial charge is 0.370 e. The average molecular weight is 254 g/mol. The molecular formula is C8H10N6S2. The Morgan fingerprint density at radius 2 is 1.94 bits per heavy atom. The minimum Gasteiger partial charge on any atom is -0.370 e. The first-order valence-corrected chi connectivity index (χ1v) is 6.14. The van der Waals surface area contributed by atoms with Gasteiger partial charge in [-0.3, -0.25) is 0 Å². The molecule has 0 unspecified atom stereocenters. The van der Waals surface area contributed by atoms with Gasteiger partial charge in [0.2, 0.25) is 5.13 Å². The maximum Gasteiger partial charge on any atom is 0.212 e. The SMILES string of the molecule is CNc1nc(-c2csc(N=C(N)N)n2)cs1. The van der Waals surface area contributed by atoms with E-state index >= 15 is 0 Å². The van der Waals surface area contributed by atoms with Gasteiger partial charge in [-0.25, -0.2) is 9.97 Å². The van der Waals surface area contributed by atoms with Gasteiger partial charge in [0, 0.05) is 17.8 Å². The van der Waals surface area contributed by atoms with Gasteiger partial charge in [-0.2, -0.15) is 4.99 Å². The van der Waals surface area contributed by atoms with Gasteiger partial charge in [-0.15, -0.1) is 22.7 Å². The van der Waals surface area contributed by atoms with Crippen molar-refractivity contribution in [1.82, 2.24) is 9.97 Å². The molecule has 0 bridgehead atoms. The monoisotopic (exact) mass is 254 g/mol. The van der Waals surface area contributed by atoms with Crippen LogP contribution >= 0.6 is 22.7 Å². The molecule has 0 aliphatic heterocycles. The van der Waals surface area contributed by atoms with Crippen molar-refractivity contribution in [1.29, 1.82) is 0 Å². The molecule has 2 heterocycles. The molecule has 2 aromatic heterocycles. The zero-order valence-electron chi connectivity index (χ0n) is 8.47. The lowest BCUT2D eigenvalue weighted by atomic mass is 10.4. The molecule has 0 aliphatic rings. The molecular weight excluding hydrogens is 244 g/mol. The molecule has 0 aromatic carbocycles. The first-order valence-electron chi connectivity index (χ1n) is 4.38. The number of rotatable bonds is 3. The van der Waals surface area contributed by atoms with E-state index in [-0.39, 0.29) is 5.96 Å². The average Bonchev–Trinajstić information content (AvgIpc) is 2.83. The smallest absolute Gasteiger partial charge is 0.212 e. The molecule has 2 aromatic rings. The van der Waals surface area contributed by atoms with Crippen LogP contribution in [-0.4, -0.2) is 23.0 Å². The lowest BCUT2D eigenvalue weighted by Gasteiger charge is -1.89. The normalized spacial score (nSPS) is 10.1. The highest BCUT2D eigenvalue weighted by atomic mass is 32.1. The predicted octanol–water partition coefficient (Wildman–Crippen LogP) is 1.21. The van der Waals surface area contributed by atoms with Crippen LogP contribution in [0.25, 0.3) is 11.4 Å². The number of thiazole rings is 2. The van der Waals surface area contributed by atoms with Crippen LogP contribution in [0.15, 0.2) is 15.8 Å². The van der Waals surface area contributed by atoms with Crippen LogP contribution in [0.1, 0.15) is 0 Å². The van der Waals surface area contributed by atoms with E-state index in [2.05, 4.69) is 20.3 Å². The molecule has 0 radical (unpaired) electrons. The van der Waals surface area contributed by atoms with E-state index in [9.17, 15) is 0 Å². The third-order valence-corrected chi connectivity index (χ3v) is 3.29. The third kappa shape index (κ3) is 2.28. The topological polar surface area (TPSA) is 102 Å². The summed E-state index contributed by atoms with van der Waals surface area (Å²) in [4.78, 5) is 12.5. The summed E-state index contributed by atoms with van der Waals surface area (Å²) in [6, 6.07) is 0. The Balaban J connectivity index is 2.27. The lowest BCUT2D eigenvalue weighted by molar-refractivity contribution is 1.29. The Morgan fingerprint density at radius 1 is 1.25 bits per heavy atom. The maximum atomic E-state index is 5.27. The van der Waals surface area contributed by atoms with E-state index in [0.29, 0.717) is 5.13 Å². The van der Waals surface area contributed by atoms with E-state index in [1.807, 2.05) is 17.8 Å². The predicted molar refractivity (Wildman–Crippen MR) is 68.2 cm³/mol. The van der Waals surface area contributed by atoms with Crippen LogP contribution in [0.4, 0.5) is 10.3 Å². The van der Waals surface area contributed by atoms with E-state index < -0.39 is 0 Å². The fourth-order valence-corrected chi connectivity index (χ4v) is 2.42. The van der Waals surface area contributed by atoms with Gasteiger partial charge < -0.3 is 16.8 Å². The lowest BCUT2D eigenvalue weighted by Crippen LogP contribution is -2.21. The summed E-state index contributed by atoms with van der Waals surface area (Å²) in [5.41, 5.74) is 12.1. The molecule has 0 saturated carbocycles. The molecule has 0 amide bonds. The highest BCUT2D eigenvalue weighted by molar-refractivity contribution is 7.14. The minimum absolute atomic E-state index is 0.00934. The Morgan fingerprint density at radius 3 is 2.56 bits per heavy atom. The summed E-state index contributed by atoms with van der Waals surface area (Å²) in [6.07, 6.45) is 0. The van der Waals surface area contributed by atoms with Crippen LogP contribution in [0.5, 0.6) is 0 Å². The van der Waals surface area contributed by atoms with Crippen molar-refractivity contribution < 1.29 is 0 Å². The molecule has 0 aliphatic carbocycles. The molecule has 0 atom stereocenters. The van der Waals surface area contributed by atoms with Crippen LogP contribution in [0, 0.1) is 0 Å². The highest BCUT2D eigenvalue weighted by Gasteiger charge is 2.07. The maximum absolute atomic E-state index is 5.27. The van der Waals surface area contributed by atoms with Gasteiger partial charge in [-0.1, -0.05) is 0 Å². The Kier molecular flexibility index (Phi) is 3.02. The second-order valence-corrected chi connectivity index (χ2v) is 4.53. The van der Waals surface area contributed by atoms with Crippen LogP contribution < -0.4 is 16.8 Å². The molecule has 0 saturated heterocycles. The molecule has 6 nitrogen and oxygen atoms in total. The molecule has 0 spiro atoms. The summed E-state index contributed by atoms with van der Waals surface area (Å²) < 4.78 is 0. The van der Waals surface area contributed by atoms with Gasteiger partial charge in [0.05, 0.1) is 0 Å². The highest BCUT2D eigenvalue weighted by Crippen LogP contribution is 2.28. The molecule has 0 fully saturated rings. The Hall–Kier alpha value is -1.67. The zero-order valence-corrected chi connectivity index (χ0v) is 10.1. The molecule has 16 heavy (non-hydrogen) atoms. The van der Waals surface area contributed by atoms with Crippen molar-refractivity contribution >= 4 is 38.9 Å². The molecule has 8 heteroatoms. The van der Waals surface area contributed by atoms with Crippen molar-refractivity contribution in [3.8, 4) is 11.4 Å². The number of hydrogen-bond donors (Lipinski definition) is 3. The summed E-state index contributed by atoms with van der Waals surface area (Å²) >= 11 is 2.90. The standard InChI is InChI=1S/C8H10N6S2/c1-11-7-12-4(2-15-7)5-3-16-8(13-5)14-6(9)10/h2-3H,1H3,(H,11,12)(H4,9,10,13,14). The number of anilines is 1. The van der Waals surface area contributed by atoms with Crippen molar-refractivity contribution in [3.05, 3.63) is 10.8 Å². The number of nitrogens with one attached hydrogen (secondary N) is 1. The summed E-state index contributed by atoms with van der Waals surface area (Å²) in [5.74, 6) is 0.00934. The Labute approximate surface area is 100 Å². The minimum atomic E-state index is 0.00934. The van der Waals surface area contributed by atoms with Gasteiger partial charge in [-0.05, 0) is 0 Å². The molecule has 84 valence electrons. The van der Waals surface area contributed by atoms with Gasteiger partial charge in [0.15, 0.2) is 11.1 Å². The summed E-state index contributed by atoms with van der Waals surface area (Å²) in [5, 5.41) is 8.16. The van der Waals surface area contributed by atoms with Crippen molar-refractivity contribution in [2.75, 3.05) is 12.4 Å². The van der Waals surface area contributed by atoms with Crippen LogP contribution in [0.3, 0.4) is 0 Å². The number of nitrogens with two attached hydrogens (primary N) is 2. The number of aliphatic imine (C=N–C) groups is 1. The van der Waals surface area contributed by atoms with E-state index in [0.717, 1.165) is 16.5 Å². The van der Waals surface area contributed by atoms with E-state index in [1.54, 1.807) is 0 Å². The fourth-order valence-electron chi connectivity index (χ4n) is 1.05. The first-order chi connectivity index (χ1) is 7.69. The molecule has 5 N–H and O–H groups in total. The van der Waals surface area contributed by atoms with Gasteiger partial charge in [0.25, 0.3) is 0 Å². The number of guanidine groups is 1. The number of aromatic nitrogens is 2. The second kappa shape index (κ2) is 4.45. The second-order valence-electron chi connectivity index (χ2n) is 2.84. The van der Waals surface area contributed by atoms with Crippen LogP contribution in [0.2, 0.25) is 0 Å². The fraction of sp³-hybridized carbons (Fsp3) is 0.125. The number of hydrogen-bond acceptors (Lipinski definition) is 6. The van der Waals surface area contributed by atoms with Gasteiger partial charge in [0.1, 0.15) is 11.4 Å². The molecule has 2 rings (SSSR count). The van der Waals surface area contributed by atoms with E-state index in [4.69, 9.17) is 11.5 Å². The summed E-state index contributed by atoms with van der Waals surface area (Å²) in [6.45, 7) is 0. The zero-order chi connectivity index (χ0) is 11.5. The number of nitrogens with zero attached hydrogens (tertiary/aromatic N) is 3. The van der Waals surface area contributed by atoms with E-state index in [1.165, 1.54) is 22.7 Å². The van der Waals surface area contributed by atoms with Crippen LogP contribution in [-0.2, 0) is 0 Å². The third-order valence-electron chi connectivity index (χ3n) is 1.70. The van der Waals surface area contributed by atoms with Crippen molar-refractivity contribution in [2.45, 2.75) is 0 Å². The Bertz CT molecular complexity index is 510. The van der Waals surface area contributed by atoms with Crippen molar-refractivity contribution in [3.63, 3.8) is 0 Å². The van der Waals surface area contributed by atoms with Gasteiger partial charge >= 0.3 is 0 Å². The van der Waals surface area contributed by atoms with Crippen molar-refractivity contribution in [2.24, 2.45) is 16.5 Å². The summed E-state index contributed by atoms with van der Waals surface area (Å²) in [7, 11) is 1.83.